The van der Waals surface area contributed by atoms with Gasteiger partial charge in [0.1, 0.15) is 11.5 Å². The largest absolute Gasteiger partial charge is 0.457 e. The van der Waals surface area contributed by atoms with Gasteiger partial charge in [0.2, 0.25) is 0 Å². The van der Waals surface area contributed by atoms with E-state index in [0.717, 1.165) is 9.13 Å². The van der Waals surface area contributed by atoms with E-state index in [1.165, 1.54) is 17.7 Å². The van der Waals surface area contributed by atoms with E-state index in [4.69, 9.17) is 4.74 Å². The van der Waals surface area contributed by atoms with Crippen molar-refractivity contribution in [3.8, 4) is 17.2 Å². The molecule has 2 aromatic heterocycles. The number of fused-ring (bicyclic) bond motifs is 2. The summed E-state index contributed by atoms with van der Waals surface area (Å²) in [5.74, 6) is 1.67. The third kappa shape index (κ3) is 3.60. The van der Waals surface area contributed by atoms with Gasteiger partial charge in [-0.1, -0.05) is 26.0 Å². The lowest BCUT2D eigenvalue weighted by Crippen LogP contribution is -2.27. The molecule has 0 aliphatic heterocycles. The van der Waals surface area contributed by atoms with E-state index in [1.807, 2.05) is 24.3 Å². The van der Waals surface area contributed by atoms with Gasteiger partial charge in [0.05, 0.1) is 27.2 Å². The van der Waals surface area contributed by atoms with E-state index in [0.29, 0.717) is 23.1 Å². The molecule has 5 rings (SSSR count). The van der Waals surface area contributed by atoms with Crippen LogP contribution in [-0.2, 0) is 0 Å². The fourth-order valence-electron chi connectivity index (χ4n) is 4.42. The maximum atomic E-state index is 13.1. The second kappa shape index (κ2) is 8.20. The molecule has 0 fully saturated rings. The minimum Gasteiger partial charge on any atom is -0.457 e. The molecular weight excluding hydrogens is 444 g/mol. The molecule has 0 amide bonds. The van der Waals surface area contributed by atoms with Crippen LogP contribution in [-0.4, -0.2) is 9.13 Å². The lowest BCUT2D eigenvalue weighted by Gasteiger charge is -2.09. The average Bonchev–Trinajstić information content (AvgIpc) is 3.23. The van der Waals surface area contributed by atoms with Crippen LogP contribution in [0.25, 0.3) is 27.2 Å². The van der Waals surface area contributed by atoms with Crippen LogP contribution in [0.2, 0.25) is 0 Å². The van der Waals surface area contributed by atoms with Crippen molar-refractivity contribution < 1.29 is 4.74 Å². The molecule has 2 heterocycles. The van der Waals surface area contributed by atoms with Crippen molar-refractivity contribution >= 4 is 21.5 Å². The fourth-order valence-corrected chi connectivity index (χ4v) is 4.42. The molecule has 3 aromatic carbocycles. The van der Waals surface area contributed by atoms with Gasteiger partial charge in [-0.05, 0) is 73.9 Å². The lowest BCUT2D eigenvalue weighted by molar-refractivity contribution is 0.482. The number of rotatable bonds is 5. The van der Waals surface area contributed by atoms with Crippen LogP contribution in [0.1, 0.15) is 45.2 Å². The summed E-state index contributed by atoms with van der Waals surface area (Å²) in [6, 6.07) is 16.9. The maximum Gasteiger partial charge on any atom is 0.266 e. The molecule has 0 saturated carbocycles. The second-order valence-corrected chi connectivity index (χ2v) is 9.28. The van der Waals surface area contributed by atoms with Crippen molar-refractivity contribution in [2.45, 2.75) is 39.7 Å². The first-order valence-electron chi connectivity index (χ1n) is 11.5. The molecule has 0 spiro atoms. The van der Waals surface area contributed by atoms with Gasteiger partial charge in [0.25, 0.3) is 22.2 Å². The van der Waals surface area contributed by atoms with Gasteiger partial charge in [-0.3, -0.25) is 23.7 Å². The van der Waals surface area contributed by atoms with Gasteiger partial charge >= 0.3 is 0 Å². The monoisotopic (exact) mass is 468 g/mol. The van der Waals surface area contributed by atoms with Crippen molar-refractivity contribution in [3.63, 3.8) is 0 Å². The third-order valence-corrected chi connectivity index (χ3v) is 6.32. The minimum absolute atomic E-state index is 0.117. The molecule has 0 N–H and O–H groups in total. The van der Waals surface area contributed by atoms with Crippen molar-refractivity contribution in [1.82, 2.24) is 9.13 Å². The standard InChI is InChI=1S/C28H24N2O5/c1-15(2)17-5-9-19(10-6-17)35-20-11-7-18(8-12-20)30-27(33)23-13-21-22(14-24(23)28(30)34)26(32)29(16(3)4)25(21)31/h5-16H,1-4H3. The molecule has 0 bridgehead atoms. The van der Waals surface area contributed by atoms with Gasteiger partial charge in [-0.25, -0.2) is 4.57 Å². The highest BCUT2D eigenvalue weighted by molar-refractivity contribution is 5.98. The van der Waals surface area contributed by atoms with Crippen LogP contribution in [0.3, 0.4) is 0 Å². The molecule has 0 atom stereocenters. The number of hydrogen-bond donors (Lipinski definition) is 0. The molecule has 0 radical (unpaired) electrons. The van der Waals surface area contributed by atoms with Crippen molar-refractivity contribution in [3.05, 3.63) is 108 Å². The normalized spacial score (nSPS) is 11.8. The molecule has 0 unspecified atom stereocenters. The Hall–Kier alpha value is -4.26. The summed E-state index contributed by atoms with van der Waals surface area (Å²) in [7, 11) is 0. The average molecular weight is 469 g/mol. The van der Waals surface area contributed by atoms with Crippen molar-refractivity contribution in [2.75, 3.05) is 0 Å². The number of benzene rings is 3. The molecule has 35 heavy (non-hydrogen) atoms. The zero-order chi connectivity index (χ0) is 25.0. The summed E-state index contributed by atoms with van der Waals surface area (Å²) < 4.78 is 8.08. The summed E-state index contributed by atoms with van der Waals surface area (Å²) in [5.41, 5.74) is -0.387. The molecule has 7 nitrogen and oxygen atoms in total. The number of ether oxygens (including phenoxy) is 1. The first kappa shape index (κ1) is 22.5. The van der Waals surface area contributed by atoms with E-state index >= 15 is 0 Å². The lowest BCUT2D eigenvalue weighted by atomic mass is 10.0. The van der Waals surface area contributed by atoms with Gasteiger partial charge < -0.3 is 4.74 Å². The first-order chi connectivity index (χ1) is 16.7. The van der Waals surface area contributed by atoms with Crippen LogP contribution in [0, 0.1) is 0 Å². The predicted molar refractivity (Wildman–Crippen MR) is 137 cm³/mol. The van der Waals surface area contributed by atoms with Crippen LogP contribution >= 0.6 is 0 Å². The Labute approximate surface area is 200 Å². The Morgan fingerprint density at radius 2 is 1.03 bits per heavy atom. The van der Waals surface area contributed by atoms with E-state index in [9.17, 15) is 19.2 Å². The van der Waals surface area contributed by atoms with Gasteiger partial charge in [0, 0.05) is 6.04 Å². The Morgan fingerprint density at radius 1 is 0.600 bits per heavy atom. The zero-order valence-corrected chi connectivity index (χ0v) is 19.9. The first-order valence-corrected chi connectivity index (χ1v) is 11.5. The van der Waals surface area contributed by atoms with E-state index < -0.39 is 22.2 Å². The summed E-state index contributed by atoms with van der Waals surface area (Å²) >= 11 is 0. The van der Waals surface area contributed by atoms with Crippen LogP contribution in [0.5, 0.6) is 11.5 Å². The Morgan fingerprint density at radius 3 is 1.46 bits per heavy atom. The molecular formula is C28H24N2O5. The molecule has 0 aliphatic carbocycles. The number of hydrogen-bond acceptors (Lipinski definition) is 5. The summed E-state index contributed by atoms with van der Waals surface area (Å²) in [6.45, 7) is 7.72. The zero-order valence-electron chi connectivity index (χ0n) is 19.9. The van der Waals surface area contributed by atoms with Crippen molar-refractivity contribution in [1.29, 1.82) is 0 Å². The molecule has 176 valence electrons. The van der Waals surface area contributed by atoms with Crippen LogP contribution < -0.4 is 27.0 Å². The highest BCUT2D eigenvalue weighted by atomic mass is 16.5. The highest BCUT2D eigenvalue weighted by Crippen LogP contribution is 2.25. The van der Waals surface area contributed by atoms with E-state index in [2.05, 4.69) is 13.8 Å². The molecule has 5 aromatic rings. The summed E-state index contributed by atoms with van der Waals surface area (Å²) in [4.78, 5) is 51.7. The highest BCUT2D eigenvalue weighted by Gasteiger charge is 2.21. The van der Waals surface area contributed by atoms with Gasteiger partial charge in [-0.2, -0.15) is 0 Å². The Balaban J connectivity index is 1.54. The topological polar surface area (TPSA) is 87.4 Å². The summed E-state index contributed by atoms with van der Waals surface area (Å²) in [6.07, 6.45) is 0. The molecule has 0 aliphatic rings. The van der Waals surface area contributed by atoms with Crippen molar-refractivity contribution in [2.24, 2.45) is 0 Å². The van der Waals surface area contributed by atoms with E-state index in [-0.39, 0.29) is 27.6 Å². The van der Waals surface area contributed by atoms with Gasteiger partial charge in [-0.15, -0.1) is 0 Å². The third-order valence-electron chi connectivity index (χ3n) is 6.32. The SMILES string of the molecule is CC(C)c1ccc(Oc2ccc(-n3c(=O)c4cc5c(=O)n(C(C)C)c(=O)c5cc4c3=O)cc2)cc1. The van der Waals surface area contributed by atoms with E-state index in [1.54, 1.807) is 38.1 Å². The molecule has 7 heteroatoms. The Bertz CT molecular complexity index is 1700. The predicted octanol–water partition coefficient (Wildman–Crippen LogP) is 4.40. The quantitative estimate of drug-likeness (QED) is 0.382. The maximum absolute atomic E-state index is 13.1. The fraction of sp³-hybridized carbons (Fsp3) is 0.214. The Kier molecular flexibility index (Phi) is 5.28. The number of aromatic nitrogens is 2. The van der Waals surface area contributed by atoms with Crippen LogP contribution in [0.4, 0.5) is 0 Å². The molecule has 0 saturated heterocycles. The number of nitrogens with zero attached hydrogens (tertiary/aromatic N) is 2. The second-order valence-electron chi connectivity index (χ2n) is 9.28. The minimum atomic E-state index is -0.533. The van der Waals surface area contributed by atoms with Crippen LogP contribution in [0.15, 0.2) is 79.8 Å². The van der Waals surface area contributed by atoms with Gasteiger partial charge in [0.15, 0.2) is 0 Å². The smallest absolute Gasteiger partial charge is 0.266 e. The summed E-state index contributed by atoms with van der Waals surface area (Å²) in [5, 5.41) is 0.535.